The third-order valence-corrected chi connectivity index (χ3v) is 6.14. The number of hydrogen-bond acceptors (Lipinski definition) is 2. The van der Waals surface area contributed by atoms with E-state index in [-0.39, 0.29) is 11.8 Å². The van der Waals surface area contributed by atoms with E-state index in [2.05, 4.69) is 80.4 Å². The molecule has 2 nitrogen and oxygen atoms in total. The molecule has 162 valence electrons. The highest BCUT2D eigenvalue weighted by Gasteiger charge is 2.21. The molecule has 0 spiro atoms. The Morgan fingerprint density at radius 2 is 1.63 bits per heavy atom. The minimum atomic E-state index is 0.102. The van der Waals surface area contributed by atoms with Crippen LogP contribution in [-0.4, -0.2) is 18.5 Å². The molecular formula is C28H39NO. The molecule has 0 saturated heterocycles. The van der Waals surface area contributed by atoms with Gasteiger partial charge in [0.05, 0.1) is 0 Å². The van der Waals surface area contributed by atoms with Gasteiger partial charge in [0, 0.05) is 31.0 Å². The molecule has 0 heterocycles. The molecule has 0 N–H and O–H groups in total. The quantitative estimate of drug-likeness (QED) is 0.253. The van der Waals surface area contributed by atoms with Crippen LogP contribution in [0, 0.1) is 12.8 Å². The highest BCUT2D eigenvalue weighted by molar-refractivity contribution is 5.91. The van der Waals surface area contributed by atoms with E-state index in [0.717, 1.165) is 25.7 Å². The Kier molecular flexibility index (Phi) is 10.5. The third kappa shape index (κ3) is 7.89. The van der Waals surface area contributed by atoms with E-state index in [1.54, 1.807) is 0 Å². The van der Waals surface area contributed by atoms with Crippen LogP contribution in [0.3, 0.4) is 0 Å². The van der Waals surface area contributed by atoms with Gasteiger partial charge in [0.15, 0.2) is 0 Å². The van der Waals surface area contributed by atoms with Crippen molar-refractivity contribution in [2.24, 2.45) is 10.9 Å². The lowest BCUT2D eigenvalue weighted by Gasteiger charge is -2.21. The van der Waals surface area contributed by atoms with Crippen molar-refractivity contribution in [3.63, 3.8) is 0 Å². The van der Waals surface area contributed by atoms with Crippen LogP contribution in [0.25, 0.3) is 0 Å². The van der Waals surface area contributed by atoms with Crippen LogP contribution in [0.5, 0.6) is 0 Å². The maximum atomic E-state index is 12.9. The summed E-state index contributed by atoms with van der Waals surface area (Å²) >= 11 is 0. The van der Waals surface area contributed by atoms with E-state index >= 15 is 0 Å². The fourth-order valence-corrected chi connectivity index (χ4v) is 4.04. The lowest BCUT2D eigenvalue weighted by Crippen LogP contribution is -2.18. The highest BCUT2D eigenvalue weighted by Crippen LogP contribution is 2.27. The van der Waals surface area contributed by atoms with Crippen LogP contribution < -0.4 is 0 Å². The van der Waals surface area contributed by atoms with E-state index in [1.165, 1.54) is 41.7 Å². The summed E-state index contributed by atoms with van der Waals surface area (Å²) < 4.78 is 0. The molecule has 0 bridgehead atoms. The van der Waals surface area contributed by atoms with Crippen LogP contribution in [0.15, 0.2) is 59.6 Å². The maximum absolute atomic E-state index is 12.9. The van der Waals surface area contributed by atoms with E-state index in [0.29, 0.717) is 12.2 Å². The van der Waals surface area contributed by atoms with Gasteiger partial charge in [-0.25, -0.2) is 0 Å². The Morgan fingerprint density at radius 1 is 0.933 bits per heavy atom. The van der Waals surface area contributed by atoms with E-state index in [4.69, 9.17) is 0 Å². The van der Waals surface area contributed by atoms with Crippen molar-refractivity contribution in [1.82, 2.24) is 0 Å². The van der Waals surface area contributed by atoms with Crippen LogP contribution in [0.2, 0.25) is 0 Å². The van der Waals surface area contributed by atoms with Crippen LogP contribution in [0.4, 0.5) is 0 Å². The van der Waals surface area contributed by atoms with Crippen molar-refractivity contribution in [2.45, 2.75) is 78.1 Å². The number of nitrogens with zero attached hydrogens (tertiary/aromatic N) is 1. The van der Waals surface area contributed by atoms with Crippen LogP contribution in [-0.2, 0) is 11.2 Å². The first-order chi connectivity index (χ1) is 14.5. The predicted molar refractivity (Wildman–Crippen MR) is 130 cm³/mol. The summed E-state index contributed by atoms with van der Waals surface area (Å²) in [5.74, 6) is 0.734. The van der Waals surface area contributed by atoms with Crippen molar-refractivity contribution >= 4 is 11.5 Å². The molecule has 0 amide bonds. The van der Waals surface area contributed by atoms with Gasteiger partial charge < -0.3 is 0 Å². The van der Waals surface area contributed by atoms with Gasteiger partial charge in [0.2, 0.25) is 0 Å². The number of unbranched alkanes of at least 4 members (excludes halogenated alkanes) is 2. The Labute approximate surface area is 183 Å². The maximum Gasteiger partial charge on any atom is 0.135 e. The molecule has 0 aromatic heterocycles. The molecule has 0 fully saturated rings. The summed E-state index contributed by atoms with van der Waals surface area (Å²) in [6.45, 7) is 6.42. The Balaban J connectivity index is 1.95. The van der Waals surface area contributed by atoms with Gasteiger partial charge in [0.25, 0.3) is 0 Å². The predicted octanol–water partition coefficient (Wildman–Crippen LogP) is 7.35. The second kappa shape index (κ2) is 13.2. The molecular weight excluding hydrogens is 366 g/mol. The SMILES string of the molecule is CCCCCC(=NC)C(CCC(=O)C(C)CCc1ccc(C)cc1)c1ccccc1. The van der Waals surface area contributed by atoms with Gasteiger partial charge in [-0.2, -0.15) is 0 Å². The highest BCUT2D eigenvalue weighted by atomic mass is 16.1. The molecule has 2 aromatic carbocycles. The molecule has 0 radical (unpaired) electrons. The number of carbonyl (C=O) groups is 1. The number of Topliss-reactive ketones (excluding diaryl/α,β-unsaturated/α-hetero) is 1. The minimum absolute atomic E-state index is 0.102. The van der Waals surface area contributed by atoms with Gasteiger partial charge in [0.1, 0.15) is 5.78 Å². The van der Waals surface area contributed by atoms with E-state index in [1.807, 2.05) is 7.05 Å². The number of benzene rings is 2. The third-order valence-electron chi connectivity index (χ3n) is 6.14. The van der Waals surface area contributed by atoms with E-state index < -0.39 is 0 Å². The second-order valence-electron chi connectivity index (χ2n) is 8.57. The molecule has 0 aliphatic rings. The van der Waals surface area contributed by atoms with Crippen molar-refractivity contribution in [2.75, 3.05) is 7.05 Å². The molecule has 0 aliphatic heterocycles. The summed E-state index contributed by atoms with van der Waals surface area (Å²) in [6, 6.07) is 19.3. The number of ketones is 1. The number of aliphatic imine (C=N–C) groups is 1. The lowest BCUT2D eigenvalue weighted by atomic mass is 9.84. The molecule has 2 unspecified atom stereocenters. The fraction of sp³-hybridized carbons (Fsp3) is 0.500. The average Bonchev–Trinajstić information content (AvgIpc) is 2.78. The molecule has 0 saturated carbocycles. The zero-order valence-corrected chi connectivity index (χ0v) is 19.4. The molecule has 2 heteroatoms. The largest absolute Gasteiger partial charge is 0.299 e. The van der Waals surface area contributed by atoms with Crippen molar-refractivity contribution in [3.05, 3.63) is 71.3 Å². The first-order valence-corrected chi connectivity index (χ1v) is 11.6. The van der Waals surface area contributed by atoms with Crippen molar-refractivity contribution in [1.29, 1.82) is 0 Å². The monoisotopic (exact) mass is 405 g/mol. The lowest BCUT2D eigenvalue weighted by molar-refractivity contribution is -0.122. The Bertz CT molecular complexity index is 776. The molecule has 30 heavy (non-hydrogen) atoms. The topological polar surface area (TPSA) is 29.4 Å². The van der Waals surface area contributed by atoms with Gasteiger partial charge in [-0.05, 0) is 50.2 Å². The number of carbonyl (C=O) groups excluding carboxylic acids is 1. The zero-order valence-electron chi connectivity index (χ0n) is 19.4. The van der Waals surface area contributed by atoms with Gasteiger partial charge in [-0.15, -0.1) is 0 Å². The van der Waals surface area contributed by atoms with Gasteiger partial charge in [-0.1, -0.05) is 86.8 Å². The van der Waals surface area contributed by atoms with E-state index in [9.17, 15) is 4.79 Å². The summed E-state index contributed by atoms with van der Waals surface area (Å²) in [6.07, 6.45) is 8.02. The zero-order chi connectivity index (χ0) is 21.8. The Morgan fingerprint density at radius 3 is 2.27 bits per heavy atom. The summed E-state index contributed by atoms with van der Waals surface area (Å²) in [5.41, 5.74) is 5.13. The van der Waals surface area contributed by atoms with Crippen LogP contribution in [0.1, 0.15) is 81.4 Å². The summed E-state index contributed by atoms with van der Waals surface area (Å²) in [4.78, 5) is 17.5. The first-order valence-electron chi connectivity index (χ1n) is 11.6. The second-order valence-corrected chi connectivity index (χ2v) is 8.57. The summed E-state index contributed by atoms with van der Waals surface area (Å²) in [7, 11) is 1.91. The van der Waals surface area contributed by atoms with Crippen molar-refractivity contribution < 1.29 is 4.79 Å². The first kappa shape index (κ1) is 24.1. The summed E-state index contributed by atoms with van der Waals surface area (Å²) in [5, 5.41) is 0. The van der Waals surface area contributed by atoms with Crippen LogP contribution >= 0.6 is 0 Å². The normalized spacial score (nSPS) is 13.8. The fourth-order valence-electron chi connectivity index (χ4n) is 4.04. The molecule has 2 aromatic rings. The van der Waals surface area contributed by atoms with Crippen molar-refractivity contribution in [3.8, 4) is 0 Å². The number of aryl methyl sites for hydroxylation is 2. The molecule has 2 atom stereocenters. The number of rotatable bonds is 13. The van der Waals surface area contributed by atoms with Gasteiger partial charge in [-0.3, -0.25) is 9.79 Å². The number of hydrogen-bond donors (Lipinski definition) is 0. The Hall–Kier alpha value is -2.22. The molecule has 2 rings (SSSR count). The average molecular weight is 406 g/mol. The molecule has 0 aliphatic carbocycles. The minimum Gasteiger partial charge on any atom is -0.299 e. The smallest absolute Gasteiger partial charge is 0.135 e. The van der Waals surface area contributed by atoms with Gasteiger partial charge >= 0.3 is 0 Å². The standard InChI is InChI=1S/C28H39NO/c1-5-6-8-13-27(29-4)26(25-11-9-7-10-12-25)20-21-28(30)23(3)16-19-24-17-14-22(2)15-18-24/h7,9-12,14-15,17-18,23,26H,5-6,8,13,16,19-21H2,1-4H3.